The minimum absolute atomic E-state index is 0.0728. The fraction of sp³-hybridized carbons (Fsp3) is 0.292. The van der Waals surface area contributed by atoms with Crippen molar-refractivity contribution in [3.05, 3.63) is 66.1 Å². The molecule has 0 fully saturated rings. The second-order valence-electron chi connectivity index (χ2n) is 7.66. The van der Waals surface area contributed by atoms with Crippen LogP contribution in [0.25, 0.3) is 28.1 Å². The van der Waals surface area contributed by atoms with Crippen molar-refractivity contribution in [3.8, 4) is 11.1 Å². The van der Waals surface area contributed by atoms with Crippen molar-refractivity contribution in [3.63, 3.8) is 0 Å². The molecule has 0 unspecified atom stereocenters. The summed E-state index contributed by atoms with van der Waals surface area (Å²) in [6.07, 6.45) is 0.727. The van der Waals surface area contributed by atoms with E-state index < -0.39 is 24.6 Å². The van der Waals surface area contributed by atoms with Crippen LogP contribution in [0.5, 0.6) is 0 Å². The number of hydrogen-bond acceptors (Lipinski definition) is 3. The zero-order chi connectivity index (χ0) is 21.8. The number of para-hydroxylation sites is 1. The third-order valence-electron chi connectivity index (χ3n) is 5.00. The van der Waals surface area contributed by atoms with Gasteiger partial charge in [0, 0.05) is 34.6 Å². The molecule has 1 aromatic heterocycles. The van der Waals surface area contributed by atoms with Crippen LogP contribution in [-0.4, -0.2) is 38.1 Å². The van der Waals surface area contributed by atoms with E-state index in [-0.39, 0.29) is 18.3 Å². The third-order valence-corrected chi connectivity index (χ3v) is 5.00. The maximum absolute atomic E-state index is 13.5. The van der Waals surface area contributed by atoms with Gasteiger partial charge in [-0.2, -0.15) is 0 Å². The Morgan fingerprint density at radius 2 is 1.80 bits per heavy atom. The highest BCUT2D eigenvalue weighted by Gasteiger charge is 2.19. The number of aliphatic carboxylic acids is 1. The van der Waals surface area contributed by atoms with Crippen molar-refractivity contribution in [1.82, 2.24) is 4.57 Å². The molecule has 0 saturated carbocycles. The van der Waals surface area contributed by atoms with E-state index in [2.05, 4.69) is 18.4 Å². The van der Waals surface area contributed by atoms with Crippen molar-refractivity contribution in [2.24, 2.45) is 0 Å². The molecule has 0 aliphatic rings. The monoisotopic (exact) mass is 413 g/mol. The van der Waals surface area contributed by atoms with Gasteiger partial charge < -0.3 is 19.9 Å². The second kappa shape index (κ2) is 9.24. The van der Waals surface area contributed by atoms with E-state index in [9.17, 15) is 19.4 Å². The molecule has 30 heavy (non-hydrogen) atoms. The van der Waals surface area contributed by atoms with Crippen LogP contribution in [0.4, 0.5) is 4.39 Å². The topological polar surface area (TPSA) is 82.7 Å². The van der Waals surface area contributed by atoms with Crippen LogP contribution in [0.1, 0.15) is 38.4 Å². The number of carbonyl (C=O) groups is 1. The highest BCUT2D eigenvalue weighted by molar-refractivity contribution is 6.01. The number of aliphatic hydroxyl groups excluding tert-OH is 2. The minimum atomic E-state index is -1.13. The lowest BCUT2D eigenvalue weighted by Crippen LogP contribution is -2.19. The lowest BCUT2D eigenvalue weighted by Gasteiger charge is -2.15. The summed E-state index contributed by atoms with van der Waals surface area (Å²) in [6, 6.07) is 14.4. The molecule has 3 aromatic rings. The molecule has 3 rings (SSSR count). The molecule has 5 nitrogen and oxygen atoms in total. The minimum Gasteiger partial charge on any atom is -0.481 e. The van der Waals surface area contributed by atoms with E-state index in [0.717, 1.165) is 27.7 Å². The Labute approximate surface area is 174 Å². The van der Waals surface area contributed by atoms with E-state index in [0.29, 0.717) is 0 Å². The number of hydrogen-bond donors (Lipinski definition) is 3. The molecule has 0 radical (unpaired) electrons. The Balaban J connectivity index is 2.08. The summed E-state index contributed by atoms with van der Waals surface area (Å²) in [5.41, 5.74) is 3.65. The van der Waals surface area contributed by atoms with Crippen molar-refractivity contribution in [2.45, 2.75) is 44.9 Å². The molecule has 0 spiro atoms. The number of halogens is 1. The molecule has 2 atom stereocenters. The summed E-state index contributed by atoms with van der Waals surface area (Å²) in [5.74, 6) is -1.43. The zero-order valence-electron chi connectivity index (χ0n) is 17.0. The van der Waals surface area contributed by atoms with Gasteiger partial charge in [-0.25, -0.2) is 4.39 Å². The van der Waals surface area contributed by atoms with Gasteiger partial charge in [0.25, 0.3) is 0 Å². The molecular weight excluding hydrogens is 387 g/mol. The molecule has 1 heterocycles. The molecule has 158 valence electrons. The molecule has 0 amide bonds. The van der Waals surface area contributed by atoms with Gasteiger partial charge in [-0.05, 0) is 43.7 Å². The number of fused-ring (bicyclic) bond motifs is 1. The van der Waals surface area contributed by atoms with Crippen LogP contribution in [-0.2, 0) is 4.79 Å². The van der Waals surface area contributed by atoms with E-state index in [4.69, 9.17) is 5.11 Å². The summed E-state index contributed by atoms with van der Waals surface area (Å²) < 4.78 is 15.6. The van der Waals surface area contributed by atoms with Crippen LogP contribution < -0.4 is 0 Å². The number of nitrogens with zero attached hydrogens (tertiary/aromatic N) is 1. The lowest BCUT2D eigenvalue weighted by molar-refractivity contribution is -0.139. The molecule has 0 bridgehead atoms. The van der Waals surface area contributed by atoms with Gasteiger partial charge in [0.15, 0.2) is 0 Å². The van der Waals surface area contributed by atoms with Crippen molar-refractivity contribution in [2.75, 3.05) is 0 Å². The van der Waals surface area contributed by atoms with E-state index in [1.807, 2.05) is 24.3 Å². The predicted octanol–water partition coefficient (Wildman–Crippen LogP) is 4.63. The highest BCUT2D eigenvalue weighted by atomic mass is 19.1. The van der Waals surface area contributed by atoms with Crippen molar-refractivity contribution in [1.29, 1.82) is 0 Å². The van der Waals surface area contributed by atoms with Crippen molar-refractivity contribution < 1.29 is 24.5 Å². The van der Waals surface area contributed by atoms with E-state index >= 15 is 0 Å². The standard InChI is InChI=1S/C24H26FNO4/c1-15(2)26-21-6-4-3-5-20(21)24(16-7-9-17(25)10-8-16)22(26)12-11-18(27)13-19(28)14-23(29)30/h3-12,15,18-19,27-28H,13-14H2,1-2H3,(H,29,30)/b12-11+/t18-,19-/m1/s1/i24+2. The van der Waals surface area contributed by atoms with Crippen LogP contribution in [0.2, 0.25) is 0 Å². The van der Waals surface area contributed by atoms with E-state index in [1.54, 1.807) is 24.3 Å². The molecule has 0 saturated heterocycles. The van der Waals surface area contributed by atoms with Gasteiger partial charge in [0.05, 0.1) is 18.6 Å². The third kappa shape index (κ3) is 4.78. The first-order chi connectivity index (χ1) is 14.3. The molecule has 2 aromatic carbocycles. The Morgan fingerprint density at radius 1 is 1.13 bits per heavy atom. The quantitative estimate of drug-likeness (QED) is 0.503. The van der Waals surface area contributed by atoms with Gasteiger partial charge in [-0.1, -0.05) is 36.4 Å². The fourth-order valence-electron chi connectivity index (χ4n) is 3.77. The first-order valence-electron chi connectivity index (χ1n) is 9.93. The molecular formula is C24H26FNO4. The number of aromatic nitrogens is 1. The summed E-state index contributed by atoms with van der Waals surface area (Å²) in [5, 5.41) is 29.9. The normalized spacial score (nSPS) is 13.9. The Bertz CT molecular complexity index is 1050. The molecule has 0 aliphatic heterocycles. The second-order valence-corrected chi connectivity index (χ2v) is 7.66. The number of benzene rings is 2. The van der Waals surface area contributed by atoms with Crippen molar-refractivity contribution >= 4 is 22.9 Å². The highest BCUT2D eigenvalue weighted by Crippen LogP contribution is 2.38. The van der Waals surface area contributed by atoms with Crippen LogP contribution in [0.15, 0.2) is 54.6 Å². The number of carboxylic acid groups (broad SMARTS) is 1. The van der Waals surface area contributed by atoms with Gasteiger partial charge in [-0.3, -0.25) is 4.79 Å². The number of rotatable bonds is 8. The number of carboxylic acids is 1. The summed E-state index contributed by atoms with van der Waals surface area (Å²) in [7, 11) is 0. The smallest absolute Gasteiger partial charge is 0.305 e. The van der Waals surface area contributed by atoms with Gasteiger partial charge >= 0.3 is 5.97 Å². The van der Waals surface area contributed by atoms with Crippen LogP contribution in [0.3, 0.4) is 0 Å². The van der Waals surface area contributed by atoms with Gasteiger partial charge in [0.2, 0.25) is 0 Å². The van der Waals surface area contributed by atoms with Gasteiger partial charge in [-0.15, -0.1) is 0 Å². The maximum Gasteiger partial charge on any atom is 0.305 e. The summed E-state index contributed by atoms with van der Waals surface area (Å²) in [6.45, 7) is 4.12. The first-order valence-corrected chi connectivity index (χ1v) is 9.93. The largest absolute Gasteiger partial charge is 0.481 e. The fourth-order valence-corrected chi connectivity index (χ4v) is 3.77. The summed E-state index contributed by atoms with van der Waals surface area (Å²) >= 11 is 0. The Kier molecular flexibility index (Phi) is 6.70. The molecule has 6 heteroatoms. The average molecular weight is 413 g/mol. The lowest BCUT2D eigenvalue weighted by atomic mass is 10.1. The van der Waals surface area contributed by atoms with E-state index in [1.165, 1.54) is 12.1 Å². The van der Waals surface area contributed by atoms with Gasteiger partial charge in [0.1, 0.15) is 5.82 Å². The maximum atomic E-state index is 13.5. The van der Waals surface area contributed by atoms with Crippen LogP contribution >= 0.6 is 0 Å². The van der Waals surface area contributed by atoms with Crippen LogP contribution in [0, 0.1) is 5.82 Å². The Morgan fingerprint density at radius 3 is 2.43 bits per heavy atom. The average Bonchev–Trinajstić information content (AvgIpc) is 3.00. The summed E-state index contributed by atoms with van der Waals surface area (Å²) in [4.78, 5) is 10.7. The predicted molar refractivity (Wildman–Crippen MR) is 116 cm³/mol. The molecule has 3 N–H and O–H groups in total. The SMILES string of the molecule is CC(C)n1c(/C=C/[C@@H](O)C[C@@H](O)CC(=O)O)[14c](-c2ccc(F)cc2)c2ccccc21. The first kappa shape index (κ1) is 21.7. The Hall–Kier alpha value is -2.96. The number of aliphatic hydroxyl groups is 2. The molecule has 0 aliphatic carbocycles. The zero-order valence-corrected chi connectivity index (χ0v) is 17.0.